The number of hydrogen-bond donors (Lipinski definition) is 1. The van der Waals surface area contributed by atoms with Gasteiger partial charge in [0.1, 0.15) is 29.0 Å². The summed E-state index contributed by atoms with van der Waals surface area (Å²) >= 11 is 0. The second kappa shape index (κ2) is 7.36. The van der Waals surface area contributed by atoms with Gasteiger partial charge < -0.3 is 15.2 Å². The molecule has 1 atom stereocenters. The normalized spacial score (nSPS) is 16.4. The van der Waals surface area contributed by atoms with Gasteiger partial charge in [-0.05, 0) is 25.5 Å². The molecule has 0 aliphatic carbocycles. The summed E-state index contributed by atoms with van der Waals surface area (Å²) in [6.45, 7) is 3.23. The Balaban J connectivity index is 2.70. The van der Waals surface area contributed by atoms with Crippen molar-refractivity contribution in [1.82, 2.24) is 0 Å². The van der Waals surface area contributed by atoms with Gasteiger partial charge in [-0.15, -0.1) is 0 Å². The summed E-state index contributed by atoms with van der Waals surface area (Å²) in [7, 11) is 0. The molecule has 0 amide bonds. The molecule has 0 saturated carbocycles. The molecule has 0 bridgehead atoms. The van der Waals surface area contributed by atoms with E-state index < -0.39 is 16.8 Å². The van der Waals surface area contributed by atoms with Crippen molar-refractivity contribution in [3.63, 3.8) is 0 Å². The van der Waals surface area contributed by atoms with E-state index in [1.54, 1.807) is 13.0 Å². The number of hydrogen-bond acceptors (Lipinski definition) is 8. The van der Waals surface area contributed by atoms with E-state index in [0.717, 1.165) is 6.07 Å². The van der Waals surface area contributed by atoms with Gasteiger partial charge in [-0.1, -0.05) is 6.07 Å². The van der Waals surface area contributed by atoms with Crippen molar-refractivity contribution in [3.05, 3.63) is 62.2 Å². The van der Waals surface area contributed by atoms with Crippen LogP contribution in [0.25, 0.3) is 0 Å². The molecule has 1 aliphatic rings. The first-order chi connectivity index (χ1) is 12.3. The second-order valence-electron chi connectivity index (χ2n) is 5.26. The smallest absolute Gasteiger partial charge is 0.338 e. The highest BCUT2D eigenvalue weighted by atomic mass is 16.6. The minimum Gasteiger partial charge on any atom is -0.463 e. The minimum absolute atomic E-state index is 0.0450. The van der Waals surface area contributed by atoms with Gasteiger partial charge in [-0.25, -0.2) is 4.79 Å². The molecular weight excluding hydrogens is 340 g/mol. The third-order valence-electron chi connectivity index (χ3n) is 3.77. The Morgan fingerprint density at radius 1 is 1.42 bits per heavy atom. The molecule has 1 heterocycles. The molecular formula is C17H14N4O5. The average Bonchev–Trinajstić information content (AvgIpc) is 2.60. The second-order valence-corrected chi connectivity index (χ2v) is 5.26. The summed E-state index contributed by atoms with van der Waals surface area (Å²) in [5.41, 5.74) is 5.52. The van der Waals surface area contributed by atoms with E-state index >= 15 is 0 Å². The van der Waals surface area contributed by atoms with Crippen molar-refractivity contribution in [2.24, 2.45) is 5.73 Å². The van der Waals surface area contributed by atoms with Gasteiger partial charge in [-0.3, -0.25) is 10.1 Å². The topological polar surface area (TPSA) is 152 Å². The lowest BCUT2D eigenvalue weighted by molar-refractivity contribution is -0.385. The van der Waals surface area contributed by atoms with Crippen LogP contribution in [-0.4, -0.2) is 17.5 Å². The lowest BCUT2D eigenvalue weighted by atomic mass is 9.82. The summed E-state index contributed by atoms with van der Waals surface area (Å²) in [5.74, 6) is -1.69. The standard InChI is InChI=1S/C17H14N4O5/c1-3-25-17(22)14-9(2)26-16(20)12(8-19)15(14)10-4-5-13(21(23)24)11(6-10)7-18/h4-6,15H,3,20H2,1-2H3. The monoisotopic (exact) mass is 354 g/mol. The molecule has 9 nitrogen and oxygen atoms in total. The fourth-order valence-corrected chi connectivity index (χ4v) is 2.67. The molecule has 26 heavy (non-hydrogen) atoms. The van der Waals surface area contributed by atoms with Crippen LogP contribution in [0.1, 0.15) is 30.9 Å². The number of esters is 1. The number of carbonyl (C=O) groups excluding carboxylic acids is 1. The van der Waals surface area contributed by atoms with Gasteiger partial charge in [0, 0.05) is 6.07 Å². The first-order valence-electron chi connectivity index (χ1n) is 7.49. The number of ether oxygens (including phenoxy) is 2. The maximum atomic E-state index is 12.4. The fourth-order valence-electron chi connectivity index (χ4n) is 2.67. The van der Waals surface area contributed by atoms with Gasteiger partial charge in [0.25, 0.3) is 5.69 Å². The van der Waals surface area contributed by atoms with Gasteiger partial charge in [0.15, 0.2) is 0 Å². The van der Waals surface area contributed by atoms with E-state index in [1.807, 2.05) is 6.07 Å². The highest BCUT2D eigenvalue weighted by molar-refractivity contribution is 5.92. The number of nitriles is 2. The van der Waals surface area contributed by atoms with E-state index in [2.05, 4.69) is 0 Å². The van der Waals surface area contributed by atoms with Crippen molar-refractivity contribution in [3.8, 4) is 12.1 Å². The van der Waals surface area contributed by atoms with Crippen LogP contribution in [0.3, 0.4) is 0 Å². The quantitative estimate of drug-likeness (QED) is 0.490. The van der Waals surface area contributed by atoms with E-state index in [9.17, 15) is 25.4 Å². The number of carbonyl (C=O) groups is 1. The maximum Gasteiger partial charge on any atom is 0.338 e. The number of nitrogens with zero attached hydrogens (tertiary/aromatic N) is 3. The number of nitro groups is 1. The molecule has 2 rings (SSSR count). The minimum atomic E-state index is -0.958. The molecule has 1 aromatic carbocycles. The molecule has 0 spiro atoms. The number of rotatable bonds is 4. The summed E-state index contributed by atoms with van der Waals surface area (Å²) in [4.78, 5) is 22.7. The van der Waals surface area contributed by atoms with Crippen LogP contribution in [0.4, 0.5) is 5.69 Å². The van der Waals surface area contributed by atoms with Crippen LogP contribution in [-0.2, 0) is 14.3 Å². The van der Waals surface area contributed by atoms with Crippen LogP contribution >= 0.6 is 0 Å². The van der Waals surface area contributed by atoms with Crippen LogP contribution in [0, 0.1) is 32.8 Å². The molecule has 0 aromatic heterocycles. The zero-order valence-corrected chi connectivity index (χ0v) is 14.0. The molecule has 0 radical (unpaired) electrons. The predicted molar refractivity (Wildman–Crippen MR) is 87.8 cm³/mol. The predicted octanol–water partition coefficient (Wildman–Crippen LogP) is 2.11. The largest absolute Gasteiger partial charge is 0.463 e. The van der Waals surface area contributed by atoms with E-state index in [0.29, 0.717) is 5.56 Å². The van der Waals surface area contributed by atoms with E-state index in [-0.39, 0.29) is 40.6 Å². The summed E-state index contributed by atoms with van der Waals surface area (Å²) in [6.07, 6.45) is 0. The Bertz CT molecular complexity index is 933. The molecule has 132 valence electrons. The van der Waals surface area contributed by atoms with E-state index in [1.165, 1.54) is 19.1 Å². The molecule has 0 fully saturated rings. The summed E-state index contributed by atoms with van der Waals surface area (Å²) < 4.78 is 10.3. The Hall–Kier alpha value is -3.85. The lowest BCUT2D eigenvalue weighted by Crippen LogP contribution is -2.25. The molecule has 1 aromatic rings. The number of nitro benzene ring substituents is 1. The third kappa shape index (κ3) is 3.19. The van der Waals surface area contributed by atoms with Crippen LogP contribution < -0.4 is 5.73 Å². The lowest BCUT2D eigenvalue weighted by Gasteiger charge is -2.26. The molecule has 1 aliphatic heterocycles. The maximum absolute atomic E-state index is 12.4. The van der Waals surface area contributed by atoms with Crippen LogP contribution in [0.5, 0.6) is 0 Å². The van der Waals surface area contributed by atoms with Crippen molar-refractivity contribution in [1.29, 1.82) is 10.5 Å². The Morgan fingerprint density at radius 3 is 2.65 bits per heavy atom. The highest BCUT2D eigenvalue weighted by Gasteiger charge is 2.37. The van der Waals surface area contributed by atoms with Crippen molar-refractivity contribution in [2.75, 3.05) is 6.61 Å². The molecule has 0 saturated heterocycles. The zero-order chi connectivity index (χ0) is 19.4. The van der Waals surface area contributed by atoms with Crippen molar-refractivity contribution >= 4 is 11.7 Å². The van der Waals surface area contributed by atoms with Gasteiger partial charge >= 0.3 is 5.97 Å². The summed E-state index contributed by atoms with van der Waals surface area (Å²) in [5, 5.41) is 29.7. The fraction of sp³-hybridized carbons (Fsp3) is 0.235. The number of nitrogens with two attached hydrogens (primary N) is 1. The SMILES string of the molecule is CCOC(=O)C1=C(C)OC(N)=C(C#N)C1c1ccc([N+](=O)[O-])c(C#N)c1. The molecule has 2 N–H and O–H groups in total. The highest BCUT2D eigenvalue weighted by Crippen LogP contribution is 2.40. The molecule has 1 unspecified atom stereocenters. The van der Waals surface area contributed by atoms with Crippen molar-refractivity contribution < 1.29 is 19.2 Å². The Kier molecular flexibility index (Phi) is 5.24. The third-order valence-corrected chi connectivity index (χ3v) is 3.77. The van der Waals surface area contributed by atoms with Gasteiger partial charge in [0.2, 0.25) is 5.88 Å². The number of allylic oxidation sites excluding steroid dienone is 2. The number of benzene rings is 1. The Morgan fingerprint density at radius 2 is 2.12 bits per heavy atom. The zero-order valence-electron chi connectivity index (χ0n) is 14.0. The molecule has 9 heteroatoms. The first-order valence-corrected chi connectivity index (χ1v) is 7.49. The first kappa shape index (κ1) is 18.5. The Labute approximate surface area is 148 Å². The van der Waals surface area contributed by atoms with Gasteiger partial charge in [-0.2, -0.15) is 10.5 Å². The average molecular weight is 354 g/mol. The van der Waals surface area contributed by atoms with Gasteiger partial charge in [0.05, 0.1) is 23.0 Å². The van der Waals surface area contributed by atoms with Crippen LogP contribution in [0.2, 0.25) is 0 Å². The van der Waals surface area contributed by atoms with Crippen LogP contribution in [0.15, 0.2) is 41.0 Å². The van der Waals surface area contributed by atoms with E-state index in [4.69, 9.17) is 15.2 Å². The van der Waals surface area contributed by atoms with Crippen molar-refractivity contribution in [2.45, 2.75) is 19.8 Å². The summed E-state index contributed by atoms with van der Waals surface area (Å²) in [6, 6.07) is 7.41.